The first-order chi connectivity index (χ1) is 12.2. The molecule has 0 aliphatic heterocycles. The van der Waals surface area contributed by atoms with Crippen molar-refractivity contribution in [1.29, 1.82) is 0 Å². The maximum atomic E-state index is 11.3. The Kier molecular flexibility index (Phi) is 4.36. The molecule has 0 saturated heterocycles. The quantitative estimate of drug-likeness (QED) is 0.673. The topological polar surface area (TPSA) is 66.9 Å². The first kappa shape index (κ1) is 16.0. The lowest BCUT2D eigenvalue weighted by molar-refractivity contribution is -0.114. The largest absolute Gasteiger partial charge is 0.340 e. The summed E-state index contributed by atoms with van der Waals surface area (Å²) in [7, 11) is 0. The van der Waals surface area contributed by atoms with Crippen molar-refractivity contribution in [2.24, 2.45) is 0 Å². The van der Waals surface area contributed by atoms with Gasteiger partial charge in [-0.05, 0) is 49.4 Å². The first-order valence-electron chi connectivity index (χ1n) is 8.60. The van der Waals surface area contributed by atoms with Crippen molar-refractivity contribution in [3.63, 3.8) is 0 Å². The maximum absolute atomic E-state index is 11.3. The summed E-state index contributed by atoms with van der Waals surface area (Å²) in [6.45, 7) is 1.51. The molecule has 0 radical (unpaired) electrons. The summed E-state index contributed by atoms with van der Waals surface area (Å²) in [4.78, 5) is 22.8. The third kappa shape index (κ3) is 3.35. The number of hydrogen-bond acceptors (Lipinski definition) is 5. The van der Waals surface area contributed by atoms with Gasteiger partial charge in [0, 0.05) is 23.2 Å². The zero-order chi connectivity index (χ0) is 17.2. The number of anilines is 3. The van der Waals surface area contributed by atoms with Crippen molar-refractivity contribution < 1.29 is 4.79 Å². The second-order valence-corrected chi connectivity index (χ2v) is 7.44. The molecule has 0 fully saturated rings. The van der Waals surface area contributed by atoms with E-state index in [1.54, 1.807) is 17.7 Å². The predicted octanol–water partition coefficient (Wildman–Crippen LogP) is 4.66. The summed E-state index contributed by atoms with van der Waals surface area (Å²) in [6.07, 6.45) is 7.65. The molecule has 0 atom stereocenters. The normalized spacial score (nSPS) is 14.0. The molecule has 1 amide bonds. The van der Waals surface area contributed by atoms with Gasteiger partial charge < -0.3 is 10.6 Å². The summed E-state index contributed by atoms with van der Waals surface area (Å²) in [5.41, 5.74) is 3.09. The van der Waals surface area contributed by atoms with Crippen LogP contribution in [0.25, 0.3) is 10.2 Å². The van der Waals surface area contributed by atoms with Gasteiger partial charge in [0.2, 0.25) is 5.91 Å². The molecule has 2 N–H and O–H groups in total. The van der Waals surface area contributed by atoms with Gasteiger partial charge in [-0.15, -0.1) is 11.3 Å². The minimum absolute atomic E-state index is 0.0790. The average molecular weight is 352 g/mol. The molecule has 0 bridgehead atoms. The number of nitrogens with one attached hydrogen (secondary N) is 2. The lowest BCUT2D eigenvalue weighted by atomic mass is 10.1. The van der Waals surface area contributed by atoms with E-state index in [9.17, 15) is 4.79 Å². The zero-order valence-electron chi connectivity index (χ0n) is 14.1. The van der Waals surface area contributed by atoms with E-state index >= 15 is 0 Å². The van der Waals surface area contributed by atoms with Crippen LogP contribution in [0, 0.1) is 0 Å². The van der Waals surface area contributed by atoms with Gasteiger partial charge in [-0.25, -0.2) is 9.97 Å². The molecule has 0 unspecified atom stereocenters. The lowest BCUT2D eigenvalue weighted by Crippen LogP contribution is -2.06. The third-order valence-corrected chi connectivity index (χ3v) is 5.65. The van der Waals surface area contributed by atoms with E-state index in [2.05, 4.69) is 20.6 Å². The number of aromatic nitrogens is 2. The van der Waals surface area contributed by atoms with Crippen LogP contribution in [0.5, 0.6) is 0 Å². The van der Waals surface area contributed by atoms with Crippen molar-refractivity contribution in [3.8, 4) is 0 Å². The van der Waals surface area contributed by atoms with Crippen LogP contribution in [0.1, 0.15) is 36.6 Å². The van der Waals surface area contributed by atoms with Gasteiger partial charge in [0.1, 0.15) is 17.0 Å². The van der Waals surface area contributed by atoms with E-state index in [1.807, 2.05) is 24.3 Å². The summed E-state index contributed by atoms with van der Waals surface area (Å²) in [6, 6.07) is 7.68. The van der Waals surface area contributed by atoms with E-state index in [-0.39, 0.29) is 5.91 Å². The second-order valence-electron chi connectivity index (χ2n) is 6.35. The SMILES string of the molecule is CC(=O)Nc1cccc(Nc2ncnc3sc4c(c23)CCCCC4)c1. The molecule has 3 aromatic rings. The Morgan fingerprint density at radius 3 is 2.84 bits per heavy atom. The summed E-state index contributed by atoms with van der Waals surface area (Å²) in [5, 5.41) is 7.39. The molecule has 128 valence electrons. The van der Waals surface area contributed by atoms with Crippen LogP contribution in [0.15, 0.2) is 30.6 Å². The molecule has 0 spiro atoms. The van der Waals surface area contributed by atoms with Crippen molar-refractivity contribution >= 4 is 44.7 Å². The fourth-order valence-corrected chi connectivity index (χ4v) is 4.61. The molecule has 0 saturated carbocycles. The van der Waals surface area contributed by atoms with Gasteiger partial charge in [0.05, 0.1) is 5.39 Å². The van der Waals surface area contributed by atoms with Crippen LogP contribution in [0.2, 0.25) is 0 Å². The number of carbonyl (C=O) groups is 1. The highest BCUT2D eigenvalue weighted by molar-refractivity contribution is 7.18. The Balaban J connectivity index is 1.72. The highest BCUT2D eigenvalue weighted by Crippen LogP contribution is 2.38. The number of benzene rings is 1. The van der Waals surface area contributed by atoms with E-state index in [1.165, 1.54) is 36.6 Å². The summed E-state index contributed by atoms with van der Waals surface area (Å²) >= 11 is 1.80. The number of amides is 1. The van der Waals surface area contributed by atoms with Crippen LogP contribution in [0.4, 0.5) is 17.2 Å². The molecule has 1 aromatic carbocycles. The minimum atomic E-state index is -0.0790. The van der Waals surface area contributed by atoms with Gasteiger partial charge in [-0.1, -0.05) is 12.5 Å². The Bertz CT molecular complexity index is 934. The molecule has 25 heavy (non-hydrogen) atoms. The van der Waals surface area contributed by atoms with E-state index in [0.29, 0.717) is 0 Å². The molecule has 2 aromatic heterocycles. The van der Waals surface area contributed by atoms with E-state index < -0.39 is 0 Å². The van der Waals surface area contributed by atoms with Crippen LogP contribution in [0.3, 0.4) is 0 Å². The monoisotopic (exact) mass is 352 g/mol. The number of aryl methyl sites for hydroxylation is 2. The number of carbonyl (C=O) groups excluding carboxylic acids is 1. The smallest absolute Gasteiger partial charge is 0.221 e. The Morgan fingerprint density at radius 2 is 1.96 bits per heavy atom. The standard InChI is InChI=1S/C19H20N4OS/c1-12(24)22-13-6-5-7-14(10-13)23-18-17-15-8-3-2-4-9-16(15)25-19(17)21-11-20-18/h5-7,10-11H,2-4,8-9H2,1H3,(H,22,24)(H,20,21,23). The summed E-state index contributed by atoms with van der Waals surface area (Å²) in [5.74, 6) is 0.772. The van der Waals surface area contributed by atoms with Crippen molar-refractivity contribution in [2.75, 3.05) is 10.6 Å². The number of fused-ring (bicyclic) bond motifs is 3. The Labute approximate surface area is 150 Å². The van der Waals surface area contributed by atoms with Crippen LogP contribution >= 0.6 is 11.3 Å². The minimum Gasteiger partial charge on any atom is -0.340 e. The van der Waals surface area contributed by atoms with Crippen LogP contribution < -0.4 is 10.6 Å². The zero-order valence-corrected chi connectivity index (χ0v) is 14.9. The second kappa shape index (κ2) is 6.80. The highest BCUT2D eigenvalue weighted by Gasteiger charge is 2.19. The molecular weight excluding hydrogens is 332 g/mol. The number of rotatable bonds is 3. The molecule has 2 heterocycles. The molecule has 5 nitrogen and oxygen atoms in total. The fourth-order valence-electron chi connectivity index (χ4n) is 3.38. The van der Waals surface area contributed by atoms with Gasteiger partial charge in [-0.2, -0.15) is 0 Å². The first-order valence-corrected chi connectivity index (χ1v) is 9.42. The maximum Gasteiger partial charge on any atom is 0.221 e. The number of nitrogens with zero attached hydrogens (tertiary/aromatic N) is 2. The van der Waals surface area contributed by atoms with Crippen molar-refractivity contribution in [3.05, 3.63) is 41.0 Å². The fraction of sp³-hybridized carbons (Fsp3) is 0.316. The number of thiophene rings is 1. The summed E-state index contributed by atoms with van der Waals surface area (Å²) < 4.78 is 0. The molecular formula is C19H20N4OS. The third-order valence-electron chi connectivity index (χ3n) is 4.45. The number of hydrogen-bond donors (Lipinski definition) is 2. The molecule has 1 aliphatic rings. The van der Waals surface area contributed by atoms with E-state index in [4.69, 9.17) is 0 Å². The predicted molar refractivity (Wildman–Crippen MR) is 103 cm³/mol. The van der Waals surface area contributed by atoms with Gasteiger partial charge in [0.15, 0.2) is 0 Å². The van der Waals surface area contributed by atoms with E-state index in [0.717, 1.165) is 40.3 Å². The molecule has 1 aliphatic carbocycles. The van der Waals surface area contributed by atoms with Gasteiger partial charge in [-0.3, -0.25) is 4.79 Å². The van der Waals surface area contributed by atoms with Crippen LogP contribution in [-0.2, 0) is 17.6 Å². The van der Waals surface area contributed by atoms with Gasteiger partial charge in [0.25, 0.3) is 0 Å². The Morgan fingerprint density at radius 1 is 1.12 bits per heavy atom. The van der Waals surface area contributed by atoms with Crippen molar-refractivity contribution in [2.45, 2.75) is 39.0 Å². The highest BCUT2D eigenvalue weighted by atomic mass is 32.1. The van der Waals surface area contributed by atoms with Crippen LogP contribution in [-0.4, -0.2) is 15.9 Å². The van der Waals surface area contributed by atoms with Gasteiger partial charge >= 0.3 is 0 Å². The molecule has 4 rings (SSSR count). The van der Waals surface area contributed by atoms with Crippen molar-refractivity contribution in [1.82, 2.24) is 9.97 Å². The Hall–Kier alpha value is -2.47. The molecule has 6 heteroatoms. The average Bonchev–Trinajstić information content (AvgIpc) is 2.78. The lowest BCUT2D eigenvalue weighted by Gasteiger charge is -2.10.